The molecule has 30 heavy (non-hydrogen) atoms. The van der Waals surface area contributed by atoms with Crippen molar-refractivity contribution in [2.24, 2.45) is 0 Å². The topological polar surface area (TPSA) is 72.0 Å². The molecule has 2 atom stereocenters. The highest BCUT2D eigenvalue weighted by atomic mass is 16.5. The number of rotatable bonds is 7. The van der Waals surface area contributed by atoms with Crippen LogP contribution in [0.5, 0.6) is 0 Å². The van der Waals surface area contributed by atoms with Crippen LogP contribution >= 0.6 is 0 Å². The van der Waals surface area contributed by atoms with Crippen LogP contribution < -0.4 is 15.1 Å². The number of nitrogens with zero attached hydrogens (tertiary/aromatic N) is 4. The Labute approximate surface area is 178 Å². The van der Waals surface area contributed by atoms with Crippen LogP contribution in [-0.2, 0) is 14.2 Å². The minimum absolute atomic E-state index is 0.131. The van der Waals surface area contributed by atoms with Gasteiger partial charge in [-0.1, -0.05) is 12.1 Å². The van der Waals surface area contributed by atoms with Crippen molar-refractivity contribution in [1.82, 2.24) is 9.97 Å². The number of nitrogens with one attached hydrogen (secondary N) is 1. The first kappa shape index (κ1) is 20.8. The number of anilines is 3. The molecule has 2 fully saturated rings. The standard InChI is InChI=1S/C22H31N5O3/c1-17(24-21-7-8-23-22(25-21)26-9-12-29-13-10-26)18-3-5-19(6-4-18)27-11-14-30-16-20(27)15-28-2/h3-8,17,20H,9-16H2,1-2H3,(H,23,24,25)/t17?,20-/m1/s1. The van der Waals surface area contributed by atoms with E-state index in [-0.39, 0.29) is 12.1 Å². The maximum absolute atomic E-state index is 5.61. The molecule has 162 valence electrons. The van der Waals surface area contributed by atoms with Gasteiger partial charge in [0.1, 0.15) is 5.82 Å². The fourth-order valence-electron chi connectivity index (χ4n) is 3.93. The lowest BCUT2D eigenvalue weighted by Crippen LogP contribution is -2.48. The van der Waals surface area contributed by atoms with Gasteiger partial charge in [0.25, 0.3) is 0 Å². The van der Waals surface area contributed by atoms with Crippen molar-refractivity contribution in [2.75, 3.05) is 74.9 Å². The SMILES string of the molecule is COC[C@@H]1COCCN1c1ccc(C(C)Nc2ccnc(N3CCOCC3)n2)cc1. The van der Waals surface area contributed by atoms with Gasteiger partial charge >= 0.3 is 0 Å². The van der Waals surface area contributed by atoms with Crippen LogP contribution in [0.25, 0.3) is 0 Å². The van der Waals surface area contributed by atoms with Crippen molar-refractivity contribution in [3.63, 3.8) is 0 Å². The average molecular weight is 414 g/mol. The molecule has 0 saturated carbocycles. The van der Waals surface area contributed by atoms with Gasteiger partial charge < -0.3 is 29.3 Å². The largest absolute Gasteiger partial charge is 0.382 e. The molecule has 2 aromatic rings. The Morgan fingerprint density at radius 1 is 1.10 bits per heavy atom. The third kappa shape index (κ3) is 5.00. The van der Waals surface area contributed by atoms with Gasteiger partial charge in [-0.05, 0) is 30.7 Å². The molecular weight excluding hydrogens is 382 g/mol. The van der Waals surface area contributed by atoms with Crippen molar-refractivity contribution in [2.45, 2.75) is 19.0 Å². The van der Waals surface area contributed by atoms with E-state index in [9.17, 15) is 0 Å². The van der Waals surface area contributed by atoms with Crippen LogP contribution in [0.2, 0.25) is 0 Å². The first-order chi connectivity index (χ1) is 14.7. The molecule has 3 heterocycles. The Bertz CT molecular complexity index is 796. The second-order valence-corrected chi connectivity index (χ2v) is 7.68. The van der Waals surface area contributed by atoms with E-state index in [4.69, 9.17) is 19.2 Å². The lowest BCUT2D eigenvalue weighted by Gasteiger charge is -2.37. The molecule has 1 aromatic heterocycles. The van der Waals surface area contributed by atoms with Crippen LogP contribution in [0.3, 0.4) is 0 Å². The van der Waals surface area contributed by atoms with Crippen molar-refractivity contribution in [3.8, 4) is 0 Å². The average Bonchev–Trinajstić information content (AvgIpc) is 2.80. The zero-order chi connectivity index (χ0) is 20.8. The lowest BCUT2D eigenvalue weighted by atomic mass is 10.1. The minimum Gasteiger partial charge on any atom is -0.382 e. The van der Waals surface area contributed by atoms with Gasteiger partial charge in [0.2, 0.25) is 5.95 Å². The zero-order valence-electron chi connectivity index (χ0n) is 17.8. The number of methoxy groups -OCH3 is 1. The van der Waals surface area contributed by atoms with Crippen molar-refractivity contribution in [1.29, 1.82) is 0 Å². The number of morpholine rings is 2. The monoisotopic (exact) mass is 413 g/mol. The van der Waals surface area contributed by atoms with E-state index in [2.05, 4.69) is 51.3 Å². The molecule has 2 aliphatic rings. The van der Waals surface area contributed by atoms with Crippen molar-refractivity contribution >= 4 is 17.5 Å². The summed E-state index contributed by atoms with van der Waals surface area (Å²) in [5.41, 5.74) is 2.41. The smallest absolute Gasteiger partial charge is 0.227 e. The molecule has 0 amide bonds. The summed E-state index contributed by atoms with van der Waals surface area (Å²) in [4.78, 5) is 13.6. The van der Waals surface area contributed by atoms with Crippen molar-refractivity contribution in [3.05, 3.63) is 42.1 Å². The molecular formula is C22H31N5O3. The first-order valence-electron chi connectivity index (χ1n) is 10.6. The highest BCUT2D eigenvalue weighted by molar-refractivity contribution is 5.51. The van der Waals surface area contributed by atoms with Crippen LogP contribution in [0.15, 0.2) is 36.5 Å². The Morgan fingerprint density at radius 2 is 1.87 bits per heavy atom. The highest BCUT2D eigenvalue weighted by Crippen LogP contribution is 2.25. The van der Waals surface area contributed by atoms with Crippen LogP contribution in [0.4, 0.5) is 17.5 Å². The zero-order valence-corrected chi connectivity index (χ0v) is 17.8. The van der Waals surface area contributed by atoms with Gasteiger partial charge in [-0.15, -0.1) is 0 Å². The predicted molar refractivity (Wildman–Crippen MR) is 117 cm³/mol. The Kier molecular flexibility index (Phi) is 6.99. The fourth-order valence-corrected chi connectivity index (χ4v) is 3.93. The summed E-state index contributed by atoms with van der Waals surface area (Å²) in [6, 6.07) is 11.0. The molecule has 8 nitrogen and oxygen atoms in total. The third-order valence-electron chi connectivity index (χ3n) is 5.61. The van der Waals surface area contributed by atoms with Gasteiger partial charge in [-0.25, -0.2) is 4.98 Å². The lowest BCUT2D eigenvalue weighted by molar-refractivity contribution is 0.0602. The Hall–Kier alpha value is -2.42. The molecule has 2 aliphatic heterocycles. The predicted octanol–water partition coefficient (Wildman–Crippen LogP) is 2.34. The van der Waals surface area contributed by atoms with Gasteiger partial charge in [-0.3, -0.25) is 0 Å². The second-order valence-electron chi connectivity index (χ2n) is 7.68. The normalized spacial score (nSPS) is 20.8. The van der Waals surface area contributed by atoms with Crippen LogP contribution in [0, 0.1) is 0 Å². The molecule has 1 unspecified atom stereocenters. The van der Waals surface area contributed by atoms with E-state index in [1.165, 1.54) is 11.3 Å². The maximum Gasteiger partial charge on any atom is 0.227 e. The summed E-state index contributed by atoms with van der Waals surface area (Å²) in [5, 5.41) is 3.50. The molecule has 8 heteroatoms. The van der Waals surface area contributed by atoms with E-state index in [0.717, 1.165) is 51.2 Å². The number of hydrogen-bond donors (Lipinski definition) is 1. The molecule has 1 aromatic carbocycles. The quantitative estimate of drug-likeness (QED) is 0.742. The molecule has 2 saturated heterocycles. The van der Waals surface area contributed by atoms with E-state index in [1.807, 2.05) is 12.3 Å². The third-order valence-corrected chi connectivity index (χ3v) is 5.61. The summed E-state index contributed by atoms with van der Waals surface area (Å²) in [6.07, 6.45) is 1.81. The molecule has 0 radical (unpaired) electrons. The molecule has 0 aliphatic carbocycles. The molecule has 0 spiro atoms. The molecule has 1 N–H and O–H groups in total. The van der Waals surface area contributed by atoms with Crippen LogP contribution in [-0.4, -0.2) is 75.8 Å². The van der Waals surface area contributed by atoms with E-state index in [0.29, 0.717) is 13.2 Å². The second kappa shape index (κ2) is 10.1. The maximum atomic E-state index is 5.61. The van der Waals surface area contributed by atoms with E-state index in [1.54, 1.807) is 7.11 Å². The summed E-state index contributed by atoms with van der Waals surface area (Å²) < 4.78 is 16.4. The van der Waals surface area contributed by atoms with Crippen molar-refractivity contribution < 1.29 is 14.2 Å². The number of hydrogen-bond acceptors (Lipinski definition) is 8. The number of ether oxygens (including phenoxy) is 3. The highest BCUT2D eigenvalue weighted by Gasteiger charge is 2.23. The number of benzene rings is 1. The Morgan fingerprint density at radius 3 is 2.63 bits per heavy atom. The summed E-state index contributed by atoms with van der Waals surface area (Å²) >= 11 is 0. The van der Waals surface area contributed by atoms with E-state index < -0.39 is 0 Å². The van der Waals surface area contributed by atoms with Crippen LogP contribution in [0.1, 0.15) is 18.5 Å². The summed E-state index contributed by atoms with van der Waals surface area (Å²) in [7, 11) is 1.74. The van der Waals surface area contributed by atoms with Gasteiger partial charge in [-0.2, -0.15) is 4.98 Å². The number of aromatic nitrogens is 2. The first-order valence-corrected chi connectivity index (χ1v) is 10.6. The van der Waals surface area contributed by atoms with Gasteiger partial charge in [0.05, 0.1) is 39.1 Å². The fraction of sp³-hybridized carbons (Fsp3) is 0.545. The summed E-state index contributed by atoms with van der Waals surface area (Å²) in [5.74, 6) is 1.58. The molecule has 0 bridgehead atoms. The Balaban J connectivity index is 1.41. The molecule has 4 rings (SSSR count). The van der Waals surface area contributed by atoms with Gasteiger partial charge in [0, 0.05) is 44.7 Å². The van der Waals surface area contributed by atoms with Gasteiger partial charge in [0.15, 0.2) is 0 Å². The van der Waals surface area contributed by atoms with E-state index >= 15 is 0 Å². The summed E-state index contributed by atoms with van der Waals surface area (Å²) in [6.45, 7) is 8.24. The minimum atomic E-state index is 0.131.